The molecule has 2 rings (SSSR count). The summed E-state index contributed by atoms with van der Waals surface area (Å²) < 4.78 is 0. The van der Waals surface area contributed by atoms with E-state index in [2.05, 4.69) is 0 Å². The molecule has 4 amide bonds. The number of carbonyl (C=O) groups excluding carboxylic acids is 4. The van der Waals surface area contributed by atoms with Crippen LogP contribution in [0.3, 0.4) is 0 Å². The van der Waals surface area contributed by atoms with Gasteiger partial charge in [-0.2, -0.15) is 0 Å². The van der Waals surface area contributed by atoms with Gasteiger partial charge in [-0.25, -0.2) is 4.79 Å². The highest BCUT2D eigenvalue weighted by atomic mass is 16.2. The van der Waals surface area contributed by atoms with Crippen molar-refractivity contribution in [3.8, 4) is 0 Å². The van der Waals surface area contributed by atoms with Crippen molar-refractivity contribution >= 4 is 23.6 Å². The van der Waals surface area contributed by atoms with Crippen molar-refractivity contribution in [1.82, 2.24) is 10.2 Å². The Bertz CT molecular complexity index is 538. The number of nitrogens with zero attached hydrogens (tertiary/aromatic N) is 1. The van der Waals surface area contributed by atoms with Gasteiger partial charge in [-0.1, -0.05) is 30.3 Å². The minimum Gasteiger partial charge on any atom is -0.293 e. The second-order valence-electron chi connectivity index (χ2n) is 3.85. The van der Waals surface area contributed by atoms with Crippen molar-refractivity contribution < 1.29 is 19.2 Å². The van der Waals surface area contributed by atoms with Crippen LogP contribution in [0.25, 0.3) is 0 Å². The minimum atomic E-state index is -1.49. The van der Waals surface area contributed by atoms with E-state index in [0.717, 1.165) is 4.90 Å². The second-order valence-corrected chi connectivity index (χ2v) is 3.85. The molecule has 1 atom stereocenters. The third-order valence-electron chi connectivity index (χ3n) is 2.69. The summed E-state index contributed by atoms with van der Waals surface area (Å²) in [4.78, 5) is 47.3. The smallest absolute Gasteiger partial charge is 0.293 e. The lowest BCUT2D eigenvalue weighted by atomic mass is 9.94. The monoisotopic (exact) mass is 246 g/mol. The third kappa shape index (κ3) is 1.88. The van der Waals surface area contributed by atoms with Crippen LogP contribution in [-0.4, -0.2) is 35.6 Å². The lowest BCUT2D eigenvalue weighted by molar-refractivity contribution is -0.139. The number of benzene rings is 1. The molecule has 1 aliphatic rings. The van der Waals surface area contributed by atoms with Crippen LogP contribution in [0, 0.1) is 5.92 Å². The average Bonchev–Trinajstić information content (AvgIpc) is 2.37. The van der Waals surface area contributed by atoms with Crippen molar-refractivity contribution in [3.63, 3.8) is 0 Å². The third-order valence-corrected chi connectivity index (χ3v) is 2.69. The maximum atomic E-state index is 12.1. The van der Waals surface area contributed by atoms with Gasteiger partial charge in [0.2, 0.25) is 5.91 Å². The Balaban J connectivity index is 2.33. The van der Waals surface area contributed by atoms with Crippen molar-refractivity contribution in [2.24, 2.45) is 5.92 Å². The molecular weight excluding hydrogens is 236 g/mol. The van der Waals surface area contributed by atoms with E-state index in [9.17, 15) is 19.2 Å². The molecule has 18 heavy (non-hydrogen) atoms. The van der Waals surface area contributed by atoms with Crippen molar-refractivity contribution in [2.45, 2.75) is 0 Å². The number of hydrogen-bond acceptors (Lipinski definition) is 4. The normalized spacial score (nSPS) is 19.7. The molecule has 0 aromatic heterocycles. The van der Waals surface area contributed by atoms with E-state index < -0.39 is 29.5 Å². The number of rotatable bonds is 2. The number of urea groups is 1. The van der Waals surface area contributed by atoms with Crippen molar-refractivity contribution in [1.29, 1.82) is 0 Å². The van der Waals surface area contributed by atoms with Crippen LogP contribution in [0.2, 0.25) is 0 Å². The Morgan fingerprint density at radius 3 is 2.39 bits per heavy atom. The summed E-state index contributed by atoms with van der Waals surface area (Å²) in [5.41, 5.74) is 0.258. The van der Waals surface area contributed by atoms with E-state index in [1.807, 2.05) is 5.32 Å². The van der Waals surface area contributed by atoms with E-state index in [1.165, 1.54) is 19.2 Å². The first-order valence-corrected chi connectivity index (χ1v) is 5.24. The van der Waals surface area contributed by atoms with E-state index in [0.29, 0.717) is 0 Å². The van der Waals surface area contributed by atoms with Gasteiger partial charge < -0.3 is 0 Å². The van der Waals surface area contributed by atoms with Gasteiger partial charge in [0, 0.05) is 12.6 Å². The fourth-order valence-corrected chi connectivity index (χ4v) is 1.67. The maximum absolute atomic E-state index is 12.1. The average molecular weight is 246 g/mol. The van der Waals surface area contributed by atoms with Crippen molar-refractivity contribution in [2.75, 3.05) is 7.05 Å². The van der Waals surface area contributed by atoms with Gasteiger partial charge in [-0.3, -0.25) is 24.6 Å². The summed E-state index contributed by atoms with van der Waals surface area (Å²) in [6.45, 7) is 0. The second kappa shape index (κ2) is 4.40. The number of nitrogens with one attached hydrogen (secondary N) is 1. The van der Waals surface area contributed by atoms with Gasteiger partial charge in [0.1, 0.15) is 0 Å². The quantitative estimate of drug-likeness (QED) is 0.596. The zero-order valence-electron chi connectivity index (χ0n) is 9.54. The highest BCUT2D eigenvalue weighted by Crippen LogP contribution is 2.15. The molecular formula is C12H10N2O4. The van der Waals surface area contributed by atoms with Gasteiger partial charge in [-0.15, -0.1) is 0 Å². The summed E-state index contributed by atoms with van der Waals surface area (Å²) in [6, 6.07) is 7.19. The van der Waals surface area contributed by atoms with E-state index in [1.54, 1.807) is 18.2 Å². The zero-order valence-corrected chi connectivity index (χ0v) is 9.54. The highest BCUT2D eigenvalue weighted by Gasteiger charge is 2.43. The Labute approximate surface area is 103 Å². The number of carbonyl (C=O) groups is 4. The lowest BCUT2D eigenvalue weighted by Gasteiger charge is -2.26. The largest absolute Gasteiger partial charge is 0.330 e. The first-order valence-electron chi connectivity index (χ1n) is 5.24. The molecule has 0 saturated carbocycles. The van der Waals surface area contributed by atoms with Crippen LogP contribution in [0.5, 0.6) is 0 Å². The number of amides is 4. The molecule has 0 bridgehead atoms. The van der Waals surface area contributed by atoms with E-state index >= 15 is 0 Å². The van der Waals surface area contributed by atoms with Gasteiger partial charge in [0.15, 0.2) is 11.7 Å². The maximum Gasteiger partial charge on any atom is 0.330 e. The number of ketones is 1. The molecule has 6 nitrogen and oxygen atoms in total. The van der Waals surface area contributed by atoms with Crippen LogP contribution < -0.4 is 5.32 Å². The molecule has 1 fully saturated rings. The van der Waals surface area contributed by atoms with Crippen LogP contribution >= 0.6 is 0 Å². The summed E-state index contributed by atoms with van der Waals surface area (Å²) in [6.07, 6.45) is 0. The first kappa shape index (κ1) is 12.0. The predicted molar refractivity (Wildman–Crippen MR) is 60.6 cm³/mol. The number of hydrogen-bond donors (Lipinski definition) is 1. The van der Waals surface area contributed by atoms with Gasteiger partial charge in [0.25, 0.3) is 5.91 Å². The Morgan fingerprint density at radius 1 is 1.17 bits per heavy atom. The SMILES string of the molecule is CN1C(=O)NC(=O)C(C(=O)c2ccccc2)C1=O. The molecule has 0 spiro atoms. The van der Waals surface area contributed by atoms with Crippen LogP contribution in [0.15, 0.2) is 30.3 Å². The Kier molecular flexibility index (Phi) is 2.93. The summed E-state index contributed by atoms with van der Waals surface area (Å²) in [5.74, 6) is -3.79. The molecule has 1 aromatic carbocycles. The fraction of sp³-hybridized carbons (Fsp3) is 0.167. The summed E-state index contributed by atoms with van der Waals surface area (Å²) >= 11 is 0. The number of imide groups is 2. The molecule has 1 N–H and O–H groups in total. The number of Topliss-reactive ketones (excluding diaryl/α,β-unsaturated/α-hetero) is 1. The molecule has 1 heterocycles. The standard InChI is InChI=1S/C12H10N2O4/c1-14-11(17)8(10(16)13-12(14)18)9(15)7-5-3-2-4-6-7/h2-6,8H,1H3,(H,13,16,18). The van der Waals surface area contributed by atoms with Gasteiger partial charge in [0.05, 0.1) is 0 Å². The van der Waals surface area contributed by atoms with Crippen LogP contribution in [0.1, 0.15) is 10.4 Å². The highest BCUT2D eigenvalue weighted by molar-refractivity contribution is 6.29. The van der Waals surface area contributed by atoms with E-state index in [4.69, 9.17) is 0 Å². The number of barbiturate groups is 1. The van der Waals surface area contributed by atoms with Crippen LogP contribution in [0.4, 0.5) is 4.79 Å². The van der Waals surface area contributed by atoms with Gasteiger partial charge in [-0.05, 0) is 0 Å². The molecule has 6 heteroatoms. The Morgan fingerprint density at radius 2 is 1.78 bits per heavy atom. The molecule has 1 unspecified atom stereocenters. The summed E-state index contributed by atoms with van der Waals surface area (Å²) in [5, 5.41) is 1.97. The molecule has 0 aliphatic carbocycles. The molecule has 92 valence electrons. The fourth-order valence-electron chi connectivity index (χ4n) is 1.67. The molecule has 1 aliphatic heterocycles. The van der Waals surface area contributed by atoms with Crippen LogP contribution in [-0.2, 0) is 9.59 Å². The predicted octanol–water partition coefficient (Wildman–Crippen LogP) is 0.194. The van der Waals surface area contributed by atoms with Crippen molar-refractivity contribution in [3.05, 3.63) is 35.9 Å². The minimum absolute atomic E-state index is 0.258. The first-order chi connectivity index (χ1) is 8.52. The van der Waals surface area contributed by atoms with E-state index in [-0.39, 0.29) is 5.56 Å². The summed E-state index contributed by atoms with van der Waals surface area (Å²) in [7, 11) is 1.22. The molecule has 1 saturated heterocycles. The topological polar surface area (TPSA) is 83.6 Å². The Hall–Kier alpha value is -2.50. The molecule has 1 aromatic rings. The zero-order chi connectivity index (χ0) is 13.3. The van der Waals surface area contributed by atoms with Gasteiger partial charge >= 0.3 is 6.03 Å². The lowest BCUT2D eigenvalue weighted by Crippen LogP contribution is -2.58. The molecule has 0 radical (unpaired) electrons.